The van der Waals surface area contributed by atoms with Crippen LogP contribution >= 0.6 is 0 Å². The smallest absolute Gasteiger partial charge is 0.307 e. The van der Waals surface area contributed by atoms with Crippen molar-refractivity contribution in [2.45, 2.75) is 6.92 Å². The van der Waals surface area contributed by atoms with Crippen molar-refractivity contribution in [2.24, 2.45) is 11.8 Å². The predicted octanol–water partition coefficient (Wildman–Crippen LogP) is 2.90. The first-order chi connectivity index (χ1) is 9.66. The first-order valence-electron chi connectivity index (χ1n) is 6.53. The van der Waals surface area contributed by atoms with Crippen molar-refractivity contribution >= 4 is 17.3 Å². The zero-order valence-corrected chi connectivity index (χ0v) is 11.1. The average Bonchev–Trinajstić information content (AvgIpc) is 2.79. The molecule has 3 heteroatoms. The van der Waals surface area contributed by atoms with E-state index in [0.717, 1.165) is 16.7 Å². The number of carbonyl (C=O) groups excluding carboxylic acids is 2. The number of hydrogen-bond acceptors (Lipinski definition) is 3. The Kier molecular flexibility index (Phi) is 3.11. The zero-order valence-electron chi connectivity index (χ0n) is 11.1. The molecular weight excluding hydrogens is 252 g/mol. The molecular formula is C17H14O3. The molecule has 0 aliphatic heterocycles. The molecule has 1 aromatic rings. The Labute approximate surface area is 117 Å². The summed E-state index contributed by atoms with van der Waals surface area (Å²) in [5, 5.41) is 0. The van der Waals surface area contributed by atoms with Crippen LogP contribution in [0.1, 0.15) is 12.5 Å². The van der Waals surface area contributed by atoms with E-state index in [1.807, 2.05) is 42.5 Å². The van der Waals surface area contributed by atoms with E-state index in [9.17, 15) is 9.59 Å². The molecule has 0 saturated heterocycles. The summed E-state index contributed by atoms with van der Waals surface area (Å²) >= 11 is 0. The number of benzene rings is 1. The number of allylic oxidation sites excluding steroid dienone is 5. The average molecular weight is 266 g/mol. The second-order valence-corrected chi connectivity index (χ2v) is 4.94. The van der Waals surface area contributed by atoms with E-state index >= 15 is 0 Å². The van der Waals surface area contributed by atoms with Crippen LogP contribution in [0.2, 0.25) is 0 Å². The van der Waals surface area contributed by atoms with Gasteiger partial charge in [0.1, 0.15) is 0 Å². The van der Waals surface area contributed by atoms with Crippen molar-refractivity contribution in [3.63, 3.8) is 0 Å². The van der Waals surface area contributed by atoms with E-state index in [1.54, 1.807) is 6.08 Å². The Hall–Kier alpha value is -2.42. The maximum absolute atomic E-state index is 12.2. The fourth-order valence-corrected chi connectivity index (χ4v) is 2.70. The van der Waals surface area contributed by atoms with Crippen molar-refractivity contribution in [1.82, 2.24) is 0 Å². The van der Waals surface area contributed by atoms with E-state index in [2.05, 4.69) is 0 Å². The molecule has 3 rings (SSSR count). The summed E-state index contributed by atoms with van der Waals surface area (Å²) in [6.45, 7) is 1.35. The van der Waals surface area contributed by atoms with E-state index in [1.165, 1.54) is 13.2 Å². The Morgan fingerprint density at radius 1 is 1.15 bits per heavy atom. The molecule has 1 aromatic carbocycles. The SMILES string of the molecule is CC(=O)O/C=C1\[C@@H]2C=C[C@H]1C(=O)C=C2c1ccccc1. The maximum atomic E-state index is 12.2. The van der Waals surface area contributed by atoms with Crippen LogP contribution in [0.15, 0.2) is 60.4 Å². The summed E-state index contributed by atoms with van der Waals surface area (Å²) in [6, 6.07) is 9.80. The topological polar surface area (TPSA) is 43.4 Å². The van der Waals surface area contributed by atoms with Crippen molar-refractivity contribution in [2.75, 3.05) is 0 Å². The molecule has 0 N–H and O–H groups in total. The van der Waals surface area contributed by atoms with Crippen LogP contribution in [-0.4, -0.2) is 11.8 Å². The lowest BCUT2D eigenvalue weighted by Gasteiger charge is -2.23. The van der Waals surface area contributed by atoms with Crippen molar-refractivity contribution in [3.8, 4) is 0 Å². The molecule has 2 bridgehead atoms. The number of ether oxygens (including phenoxy) is 1. The third-order valence-electron chi connectivity index (χ3n) is 3.62. The molecule has 2 atom stereocenters. The third-order valence-corrected chi connectivity index (χ3v) is 3.62. The highest BCUT2D eigenvalue weighted by atomic mass is 16.5. The van der Waals surface area contributed by atoms with Gasteiger partial charge in [-0.05, 0) is 22.8 Å². The second-order valence-electron chi connectivity index (χ2n) is 4.94. The summed E-state index contributed by atoms with van der Waals surface area (Å²) in [7, 11) is 0. The van der Waals surface area contributed by atoms with Crippen molar-refractivity contribution in [1.29, 1.82) is 0 Å². The molecule has 100 valence electrons. The molecule has 20 heavy (non-hydrogen) atoms. The molecule has 0 heterocycles. The number of esters is 1. The third kappa shape index (κ3) is 2.11. The fourth-order valence-electron chi connectivity index (χ4n) is 2.70. The lowest BCUT2D eigenvalue weighted by atomic mass is 9.79. The van der Waals surface area contributed by atoms with E-state index in [0.29, 0.717) is 0 Å². The summed E-state index contributed by atoms with van der Waals surface area (Å²) < 4.78 is 4.97. The quantitative estimate of drug-likeness (QED) is 0.469. The lowest BCUT2D eigenvalue weighted by Crippen LogP contribution is -2.20. The fraction of sp³-hybridized carbons (Fsp3) is 0.176. The van der Waals surface area contributed by atoms with Gasteiger partial charge in [-0.15, -0.1) is 0 Å². The molecule has 0 radical (unpaired) electrons. The molecule has 0 spiro atoms. The largest absolute Gasteiger partial charge is 0.435 e. The van der Waals surface area contributed by atoms with Gasteiger partial charge in [0.2, 0.25) is 0 Å². The zero-order chi connectivity index (χ0) is 14.1. The van der Waals surface area contributed by atoms with Gasteiger partial charge in [-0.25, -0.2) is 0 Å². The van der Waals surface area contributed by atoms with Crippen molar-refractivity contribution < 1.29 is 14.3 Å². The van der Waals surface area contributed by atoms with E-state index in [-0.39, 0.29) is 23.6 Å². The summed E-state index contributed by atoms with van der Waals surface area (Å²) in [6.07, 6.45) is 7.03. The number of rotatable bonds is 2. The summed E-state index contributed by atoms with van der Waals surface area (Å²) in [5.41, 5.74) is 2.81. The highest BCUT2D eigenvalue weighted by molar-refractivity contribution is 6.06. The van der Waals surface area contributed by atoms with E-state index in [4.69, 9.17) is 4.74 Å². The Bertz CT molecular complexity index is 650. The van der Waals surface area contributed by atoms with Crippen molar-refractivity contribution in [3.05, 3.63) is 66.0 Å². The second kappa shape index (κ2) is 4.93. The van der Waals surface area contributed by atoms with Gasteiger partial charge in [0, 0.05) is 12.8 Å². The molecule has 0 amide bonds. The molecule has 3 nitrogen and oxygen atoms in total. The highest BCUT2D eigenvalue weighted by Gasteiger charge is 2.37. The lowest BCUT2D eigenvalue weighted by molar-refractivity contribution is -0.135. The van der Waals surface area contributed by atoms with Gasteiger partial charge in [-0.3, -0.25) is 9.59 Å². The number of carbonyl (C=O) groups is 2. The van der Waals surface area contributed by atoms with Gasteiger partial charge in [-0.1, -0.05) is 42.5 Å². The molecule has 0 saturated carbocycles. The molecule has 2 aliphatic carbocycles. The van der Waals surface area contributed by atoms with Gasteiger partial charge in [0.05, 0.1) is 12.2 Å². The van der Waals surface area contributed by atoms with E-state index < -0.39 is 0 Å². The Morgan fingerprint density at radius 3 is 2.55 bits per heavy atom. The molecule has 0 aromatic heterocycles. The predicted molar refractivity (Wildman–Crippen MR) is 75.4 cm³/mol. The van der Waals surface area contributed by atoms with Crippen LogP contribution in [-0.2, 0) is 14.3 Å². The maximum Gasteiger partial charge on any atom is 0.307 e. The monoisotopic (exact) mass is 266 g/mol. The van der Waals surface area contributed by atoms with Gasteiger partial charge in [-0.2, -0.15) is 0 Å². The normalized spacial score (nSPS) is 25.8. The molecule has 2 aliphatic rings. The summed E-state index contributed by atoms with van der Waals surface area (Å²) in [5.74, 6) is -0.612. The van der Waals surface area contributed by atoms with Crippen LogP contribution in [0.5, 0.6) is 0 Å². The van der Waals surface area contributed by atoms with Crippen LogP contribution in [0, 0.1) is 11.8 Å². The Balaban J connectivity index is 2.01. The van der Waals surface area contributed by atoms with Gasteiger partial charge < -0.3 is 4.74 Å². The molecule has 0 fully saturated rings. The minimum atomic E-state index is -0.375. The summed E-state index contributed by atoms with van der Waals surface area (Å²) in [4.78, 5) is 23.1. The Morgan fingerprint density at radius 2 is 1.85 bits per heavy atom. The number of hydrogen-bond donors (Lipinski definition) is 0. The van der Waals surface area contributed by atoms with Gasteiger partial charge in [0.25, 0.3) is 0 Å². The first-order valence-corrected chi connectivity index (χ1v) is 6.53. The minimum absolute atomic E-state index is 0.0134. The van der Waals surface area contributed by atoms with Crippen LogP contribution in [0.4, 0.5) is 0 Å². The van der Waals surface area contributed by atoms with Crippen LogP contribution < -0.4 is 0 Å². The number of fused-ring (bicyclic) bond motifs is 2. The standard InChI is InChI=1S/C17H14O3/c1-11(18)20-10-16-13-7-8-14(16)17(19)9-15(13)12-5-3-2-4-6-12/h2-10,13-14H,1H3/b16-10+/t13-,14-/m1/s1. The first kappa shape index (κ1) is 12.6. The van der Waals surface area contributed by atoms with Crippen LogP contribution in [0.3, 0.4) is 0 Å². The number of ketones is 1. The molecule has 0 unspecified atom stereocenters. The minimum Gasteiger partial charge on any atom is -0.435 e. The van der Waals surface area contributed by atoms with Crippen LogP contribution in [0.25, 0.3) is 5.57 Å². The van der Waals surface area contributed by atoms with Gasteiger partial charge >= 0.3 is 5.97 Å². The van der Waals surface area contributed by atoms with Gasteiger partial charge in [0.15, 0.2) is 5.78 Å². The highest BCUT2D eigenvalue weighted by Crippen LogP contribution is 2.43.